The Morgan fingerprint density at radius 1 is 0.927 bits per heavy atom. The van der Waals surface area contributed by atoms with E-state index in [1.54, 1.807) is 39.0 Å². The van der Waals surface area contributed by atoms with Crippen LogP contribution in [0.25, 0.3) is 10.8 Å². The van der Waals surface area contributed by atoms with Gasteiger partial charge in [-0.05, 0) is 67.8 Å². The zero-order valence-electron chi connectivity index (χ0n) is 24.2. The number of aliphatic hydroxyl groups excluding tert-OH is 1. The fourth-order valence-electron chi connectivity index (χ4n) is 4.52. The first-order chi connectivity index (χ1) is 19.5. The Bertz CT molecular complexity index is 1320. The van der Waals surface area contributed by atoms with Crippen LogP contribution in [-0.4, -0.2) is 57.8 Å². The monoisotopic (exact) mass is 563 g/mol. The maximum Gasteiger partial charge on any atom is 0.408 e. The number of phenolic OH excluding ortho intramolecular Hbond substituents is 1. The van der Waals surface area contributed by atoms with Crippen molar-refractivity contribution in [3.8, 4) is 5.75 Å². The third kappa shape index (κ3) is 9.21. The SMILES string of the molecule is CCCCCCN(C(=O)C(CO)NC(=O)OC(C)(C)C)C(C(=O)Nc1ccc2ccccc2c1)c1ccc(O)cc1. The van der Waals surface area contributed by atoms with E-state index in [0.29, 0.717) is 17.7 Å². The van der Waals surface area contributed by atoms with Gasteiger partial charge in [-0.3, -0.25) is 9.59 Å². The van der Waals surface area contributed by atoms with Crippen molar-refractivity contribution in [3.05, 3.63) is 72.3 Å². The number of amides is 3. The molecule has 3 aromatic rings. The van der Waals surface area contributed by atoms with Crippen molar-refractivity contribution >= 4 is 34.4 Å². The molecule has 0 fully saturated rings. The number of alkyl carbamates (subject to hydrolysis) is 1. The molecular weight excluding hydrogens is 522 g/mol. The van der Waals surface area contributed by atoms with Crippen LogP contribution in [0, 0.1) is 0 Å². The number of nitrogens with zero attached hydrogens (tertiary/aromatic N) is 1. The fourth-order valence-corrected chi connectivity index (χ4v) is 4.52. The minimum absolute atomic E-state index is 0.0167. The highest BCUT2D eigenvalue weighted by molar-refractivity contribution is 6.00. The zero-order chi connectivity index (χ0) is 30.0. The summed E-state index contributed by atoms with van der Waals surface area (Å²) in [5.41, 5.74) is 0.224. The average molecular weight is 564 g/mol. The number of fused-ring (bicyclic) bond motifs is 1. The summed E-state index contributed by atoms with van der Waals surface area (Å²) in [4.78, 5) is 41.7. The van der Waals surface area contributed by atoms with E-state index in [1.165, 1.54) is 17.0 Å². The molecule has 220 valence electrons. The maximum absolute atomic E-state index is 13.9. The highest BCUT2D eigenvalue weighted by atomic mass is 16.6. The first-order valence-electron chi connectivity index (χ1n) is 14.0. The number of hydrogen-bond acceptors (Lipinski definition) is 6. The van der Waals surface area contributed by atoms with Crippen LogP contribution >= 0.6 is 0 Å². The average Bonchev–Trinajstić information content (AvgIpc) is 2.92. The number of unbranched alkanes of at least 4 members (excludes halogenated alkanes) is 3. The number of ether oxygens (including phenoxy) is 1. The molecule has 0 saturated heterocycles. The molecule has 0 aromatic heterocycles. The lowest BCUT2D eigenvalue weighted by molar-refractivity contribution is -0.141. The van der Waals surface area contributed by atoms with E-state index < -0.39 is 42.2 Å². The molecule has 0 bridgehead atoms. The lowest BCUT2D eigenvalue weighted by Gasteiger charge is -2.34. The molecule has 3 aromatic carbocycles. The summed E-state index contributed by atoms with van der Waals surface area (Å²) in [5, 5.41) is 27.4. The van der Waals surface area contributed by atoms with Gasteiger partial charge in [-0.1, -0.05) is 68.7 Å². The summed E-state index contributed by atoms with van der Waals surface area (Å²) in [5.74, 6) is -1.08. The Morgan fingerprint density at radius 3 is 2.24 bits per heavy atom. The second-order valence-corrected chi connectivity index (χ2v) is 11.0. The molecule has 3 amide bonds. The second kappa shape index (κ2) is 14.5. The quantitative estimate of drug-likeness (QED) is 0.215. The minimum atomic E-state index is -1.33. The van der Waals surface area contributed by atoms with Crippen molar-refractivity contribution in [1.29, 1.82) is 0 Å². The summed E-state index contributed by atoms with van der Waals surface area (Å²) in [6.45, 7) is 6.69. The van der Waals surface area contributed by atoms with Gasteiger partial charge in [0.1, 0.15) is 23.4 Å². The van der Waals surface area contributed by atoms with Gasteiger partial charge in [0.2, 0.25) is 5.91 Å². The molecule has 4 N–H and O–H groups in total. The van der Waals surface area contributed by atoms with Crippen LogP contribution in [0.5, 0.6) is 5.75 Å². The van der Waals surface area contributed by atoms with E-state index in [9.17, 15) is 24.6 Å². The molecule has 3 rings (SSSR count). The number of anilines is 1. The zero-order valence-corrected chi connectivity index (χ0v) is 24.2. The maximum atomic E-state index is 13.9. The van der Waals surface area contributed by atoms with Crippen molar-refractivity contribution in [2.75, 3.05) is 18.5 Å². The molecule has 0 aliphatic heterocycles. The minimum Gasteiger partial charge on any atom is -0.508 e. The number of hydrogen-bond donors (Lipinski definition) is 4. The van der Waals surface area contributed by atoms with Gasteiger partial charge in [-0.25, -0.2) is 4.79 Å². The highest BCUT2D eigenvalue weighted by Crippen LogP contribution is 2.28. The van der Waals surface area contributed by atoms with Gasteiger partial charge in [-0.15, -0.1) is 0 Å². The summed E-state index contributed by atoms with van der Waals surface area (Å²) in [6, 6.07) is 17.0. The Labute approximate surface area is 241 Å². The molecule has 2 unspecified atom stereocenters. The van der Waals surface area contributed by atoms with Crippen molar-refractivity contribution in [2.45, 2.75) is 71.1 Å². The predicted molar refractivity (Wildman–Crippen MR) is 160 cm³/mol. The Kier molecular flexibility index (Phi) is 11.1. The first kappa shape index (κ1) is 31.4. The molecule has 0 radical (unpaired) electrons. The smallest absolute Gasteiger partial charge is 0.408 e. The van der Waals surface area contributed by atoms with Crippen LogP contribution in [0.3, 0.4) is 0 Å². The van der Waals surface area contributed by atoms with Gasteiger partial charge in [-0.2, -0.15) is 0 Å². The molecule has 2 atom stereocenters. The normalized spacial score (nSPS) is 12.8. The molecule has 9 nitrogen and oxygen atoms in total. The second-order valence-electron chi connectivity index (χ2n) is 11.0. The van der Waals surface area contributed by atoms with Crippen LogP contribution in [0.15, 0.2) is 66.7 Å². The number of benzene rings is 3. The van der Waals surface area contributed by atoms with Crippen molar-refractivity contribution in [2.24, 2.45) is 0 Å². The number of carbonyl (C=O) groups excluding carboxylic acids is 3. The largest absolute Gasteiger partial charge is 0.508 e. The van der Waals surface area contributed by atoms with E-state index >= 15 is 0 Å². The number of aliphatic hydroxyl groups is 1. The van der Waals surface area contributed by atoms with Crippen LogP contribution in [0.2, 0.25) is 0 Å². The highest BCUT2D eigenvalue weighted by Gasteiger charge is 2.36. The Balaban J connectivity index is 1.98. The third-order valence-corrected chi connectivity index (χ3v) is 6.49. The number of rotatable bonds is 12. The molecule has 0 spiro atoms. The van der Waals surface area contributed by atoms with Crippen LogP contribution < -0.4 is 10.6 Å². The van der Waals surface area contributed by atoms with Gasteiger partial charge in [0, 0.05) is 12.2 Å². The lowest BCUT2D eigenvalue weighted by atomic mass is 10.0. The van der Waals surface area contributed by atoms with Crippen molar-refractivity contribution in [3.63, 3.8) is 0 Å². The third-order valence-electron chi connectivity index (χ3n) is 6.49. The summed E-state index contributed by atoms with van der Waals surface area (Å²) >= 11 is 0. The Morgan fingerprint density at radius 2 is 1.61 bits per heavy atom. The van der Waals surface area contributed by atoms with Crippen molar-refractivity contribution in [1.82, 2.24) is 10.2 Å². The number of nitrogens with one attached hydrogen (secondary N) is 2. The molecule has 0 aliphatic rings. The van der Waals surface area contributed by atoms with E-state index in [4.69, 9.17) is 4.74 Å². The van der Waals surface area contributed by atoms with Gasteiger partial charge in [0.15, 0.2) is 0 Å². The van der Waals surface area contributed by atoms with Gasteiger partial charge < -0.3 is 30.5 Å². The number of aromatic hydroxyl groups is 1. The predicted octanol–water partition coefficient (Wildman–Crippen LogP) is 5.52. The van der Waals surface area contributed by atoms with E-state index in [0.717, 1.165) is 30.0 Å². The first-order valence-corrected chi connectivity index (χ1v) is 14.0. The van der Waals surface area contributed by atoms with Crippen molar-refractivity contribution < 1.29 is 29.3 Å². The molecular formula is C32H41N3O6. The number of phenols is 1. The van der Waals surface area contributed by atoms with Gasteiger partial charge in [0.25, 0.3) is 5.91 Å². The summed E-state index contributed by atoms with van der Waals surface area (Å²) in [7, 11) is 0. The molecule has 0 heterocycles. The molecule has 41 heavy (non-hydrogen) atoms. The summed E-state index contributed by atoms with van der Waals surface area (Å²) in [6.07, 6.45) is 2.53. The van der Waals surface area contributed by atoms with Gasteiger partial charge >= 0.3 is 6.09 Å². The molecule has 0 aliphatic carbocycles. The van der Waals surface area contributed by atoms with Crippen LogP contribution in [-0.2, 0) is 14.3 Å². The standard InChI is InChI=1S/C32H41N3O6/c1-5-6-7-10-19-35(30(39)27(21-36)34-31(40)41-32(2,3)4)28(23-14-17-26(37)18-15-23)29(38)33-25-16-13-22-11-8-9-12-24(22)20-25/h8-9,11-18,20,27-28,36-37H,5-7,10,19,21H2,1-4H3,(H,33,38)(H,34,40). The number of carbonyl (C=O) groups is 3. The Hall–Kier alpha value is -4.11. The van der Waals surface area contributed by atoms with E-state index in [1.807, 2.05) is 36.4 Å². The van der Waals surface area contributed by atoms with Crippen LogP contribution in [0.1, 0.15) is 65.0 Å². The molecule has 9 heteroatoms. The van der Waals surface area contributed by atoms with Gasteiger partial charge in [0.05, 0.1) is 6.61 Å². The molecule has 0 saturated carbocycles. The summed E-state index contributed by atoms with van der Waals surface area (Å²) < 4.78 is 5.29. The van der Waals surface area contributed by atoms with Crippen LogP contribution in [0.4, 0.5) is 10.5 Å². The topological polar surface area (TPSA) is 128 Å². The fraction of sp³-hybridized carbons (Fsp3) is 0.406. The van der Waals surface area contributed by atoms with E-state index in [2.05, 4.69) is 17.6 Å². The van der Waals surface area contributed by atoms with E-state index in [-0.39, 0.29) is 12.3 Å². The lowest BCUT2D eigenvalue weighted by Crippen LogP contribution is -2.54.